The van der Waals surface area contributed by atoms with Crippen molar-refractivity contribution in [3.63, 3.8) is 0 Å². The average molecular weight is 301 g/mol. The zero-order chi connectivity index (χ0) is 14.0. The van der Waals surface area contributed by atoms with E-state index in [0.29, 0.717) is 5.56 Å². The maximum atomic E-state index is 13.6. The minimum Gasteiger partial charge on any atom is -0.292 e. The highest BCUT2D eigenvalue weighted by atomic mass is 35.5. The van der Waals surface area contributed by atoms with E-state index in [9.17, 15) is 13.6 Å². The fourth-order valence-electron chi connectivity index (χ4n) is 1.61. The van der Waals surface area contributed by atoms with Crippen molar-refractivity contribution in [1.29, 1.82) is 0 Å². The van der Waals surface area contributed by atoms with Crippen LogP contribution < -0.4 is 0 Å². The first-order valence-electron chi connectivity index (χ1n) is 5.38. The van der Waals surface area contributed by atoms with E-state index < -0.39 is 22.8 Å². The molecular weight excluding hydrogens is 293 g/mol. The second-order valence-electron chi connectivity index (χ2n) is 3.90. The Hall–Kier alpha value is -1.45. The Balaban J connectivity index is 2.33. The zero-order valence-electron chi connectivity index (χ0n) is 9.54. The number of carbonyl (C=O) groups is 1. The molecule has 1 unspecified atom stereocenters. The highest BCUT2D eigenvalue weighted by Gasteiger charge is 2.22. The van der Waals surface area contributed by atoms with E-state index >= 15 is 0 Å². The van der Waals surface area contributed by atoms with Gasteiger partial charge >= 0.3 is 0 Å². The Bertz CT molecular complexity index is 611. The number of rotatable bonds is 3. The zero-order valence-corrected chi connectivity index (χ0v) is 11.1. The van der Waals surface area contributed by atoms with E-state index in [0.717, 1.165) is 6.07 Å². The van der Waals surface area contributed by atoms with Crippen molar-refractivity contribution in [2.24, 2.45) is 0 Å². The second-order valence-corrected chi connectivity index (χ2v) is 4.78. The normalized spacial score (nSPS) is 12.2. The summed E-state index contributed by atoms with van der Waals surface area (Å²) in [5, 5.41) is -0.846. The summed E-state index contributed by atoms with van der Waals surface area (Å²) in [5.41, 5.74) is 0.212. The molecule has 0 heterocycles. The molecule has 0 saturated carbocycles. The summed E-state index contributed by atoms with van der Waals surface area (Å²) in [4.78, 5) is 12.1. The molecule has 98 valence electrons. The third kappa shape index (κ3) is 3.11. The van der Waals surface area contributed by atoms with Crippen molar-refractivity contribution in [3.8, 4) is 0 Å². The molecule has 0 aliphatic heterocycles. The summed E-state index contributed by atoms with van der Waals surface area (Å²) >= 11 is 11.7. The average Bonchev–Trinajstić information content (AvgIpc) is 2.41. The summed E-state index contributed by atoms with van der Waals surface area (Å²) < 4.78 is 26.3. The Kier molecular flexibility index (Phi) is 4.17. The Morgan fingerprint density at radius 2 is 1.68 bits per heavy atom. The molecule has 0 spiro atoms. The van der Waals surface area contributed by atoms with Crippen LogP contribution in [0.2, 0.25) is 5.02 Å². The van der Waals surface area contributed by atoms with E-state index in [1.54, 1.807) is 0 Å². The molecule has 2 aromatic carbocycles. The molecule has 1 atom stereocenters. The molecule has 2 aromatic rings. The summed E-state index contributed by atoms with van der Waals surface area (Å²) in [7, 11) is 0. The quantitative estimate of drug-likeness (QED) is 0.589. The molecule has 0 bridgehead atoms. The fraction of sp³-hybridized carbons (Fsp3) is 0.0714. The van der Waals surface area contributed by atoms with Gasteiger partial charge in [0.2, 0.25) is 0 Å². The number of alkyl halides is 1. The summed E-state index contributed by atoms with van der Waals surface area (Å²) in [5.74, 6) is -1.75. The maximum Gasteiger partial charge on any atom is 0.188 e. The number of halogens is 4. The van der Waals surface area contributed by atoms with Gasteiger partial charge in [-0.3, -0.25) is 4.79 Å². The van der Waals surface area contributed by atoms with Crippen LogP contribution in [0.15, 0.2) is 42.5 Å². The minimum atomic E-state index is -1.09. The largest absolute Gasteiger partial charge is 0.292 e. The second kappa shape index (κ2) is 5.68. The van der Waals surface area contributed by atoms with Crippen LogP contribution >= 0.6 is 23.2 Å². The van der Waals surface area contributed by atoms with Crippen LogP contribution in [-0.2, 0) is 0 Å². The highest BCUT2D eigenvalue weighted by Crippen LogP contribution is 2.27. The number of hydrogen-bond donors (Lipinski definition) is 0. The Labute approximate surface area is 118 Å². The van der Waals surface area contributed by atoms with Gasteiger partial charge in [-0.1, -0.05) is 23.7 Å². The summed E-state index contributed by atoms with van der Waals surface area (Å²) in [6, 6.07) is 8.80. The van der Waals surface area contributed by atoms with Gasteiger partial charge in [-0.2, -0.15) is 0 Å². The van der Waals surface area contributed by atoms with Crippen LogP contribution in [0.4, 0.5) is 8.78 Å². The Morgan fingerprint density at radius 1 is 1.05 bits per heavy atom. The molecule has 1 nitrogen and oxygen atoms in total. The standard InChI is InChI=1S/C14H8Cl2F2O/c15-9-3-6-12(18)11(7-9)14(19)13(16)8-1-4-10(17)5-2-8/h1-7,13H. The molecule has 0 aliphatic rings. The lowest BCUT2D eigenvalue weighted by Gasteiger charge is -2.10. The van der Waals surface area contributed by atoms with Gasteiger partial charge in [-0.15, -0.1) is 11.6 Å². The molecule has 0 N–H and O–H groups in total. The van der Waals surface area contributed by atoms with Crippen molar-refractivity contribution >= 4 is 29.0 Å². The molecule has 5 heteroatoms. The smallest absolute Gasteiger partial charge is 0.188 e. The van der Waals surface area contributed by atoms with Gasteiger partial charge in [-0.05, 0) is 35.9 Å². The van der Waals surface area contributed by atoms with E-state index in [1.165, 1.54) is 36.4 Å². The number of ketones is 1. The molecule has 0 saturated heterocycles. The van der Waals surface area contributed by atoms with Gasteiger partial charge in [0.1, 0.15) is 17.0 Å². The van der Waals surface area contributed by atoms with Gasteiger partial charge in [-0.25, -0.2) is 8.78 Å². The molecule has 0 fully saturated rings. The number of benzene rings is 2. The third-order valence-electron chi connectivity index (χ3n) is 2.59. The number of Topliss-reactive ketones (excluding diaryl/α,β-unsaturated/α-hetero) is 1. The van der Waals surface area contributed by atoms with Gasteiger partial charge in [0.25, 0.3) is 0 Å². The number of carbonyl (C=O) groups excluding carboxylic acids is 1. The van der Waals surface area contributed by atoms with E-state index in [2.05, 4.69) is 0 Å². The lowest BCUT2D eigenvalue weighted by molar-refractivity contribution is 0.0983. The summed E-state index contributed by atoms with van der Waals surface area (Å²) in [6.07, 6.45) is 0. The van der Waals surface area contributed by atoms with Crippen molar-refractivity contribution in [3.05, 3.63) is 70.2 Å². The Morgan fingerprint density at radius 3 is 2.32 bits per heavy atom. The first kappa shape index (κ1) is 14.0. The minimum absolute atomic E-state index is 0.183. The highest BCUT2D eigenvalue weighted by molar-refractivity contribution is 6.35. The van der Waals surface area contributed by atoms with Gasteiger partial charge in [0, 0.05) is 5.02 Å². The lowest BCUT2D eigenvalue weighted by Crippen LogP contribution is -2.09. The van der Waals surface area contributed by atoms with E-state index in [4.69, 9.17) is 23.2 Å². The number of hydrogen-bond acceptors (Lipinski definition) is 1. The predicted molar refractivity (Wildman–Crippen MR) is 70.7 cm³/mol. The first-order chi connectivity index (χ1) is 8.99. The van der Waals surface area contributed by atoms with Crippen molar-refractivity contribution in [1.82, 2.24) is 0 Å². The SMILES string of the molecule is O=C(c1cc(Cl)ccc1F)C(Cl)c1ccc(F)cc1. The topological polar surface area (TPSA) is 17.1 Å². The molecule has 0 amide bonds. The van der Waals surface area contributed by atoms with E-state index in [1.807, 2.05) is 0 Å². The van der Waals surface area contributed by atoms with Crippen LogP contribution in [0.25, 0.3) is 0 Å². The molecule has 0 aliphatic carbocycles. The van der Waals surface area contributed by atoms with Crippen LogP contribution in [0, 0.1) is 11.6 Å². The third-order valence-corrected chi connectivity index (χ3v) is 3.27. The van der Waals surface area contributed by atoms with Crippen LogP contribution in [0.1, 0.15) is 21.3 Å². The van der Waals surface area contributed by atoms with Gasteiger partial charge < -0.3 is 0 Å². The van der Waals surface area contributed by atoms with Crippen molar-refractivity contribution in [2.75, 3.05) is 0 Å². The molecule has 0 radical (unpaired) electrons. The predicted octanol–water partition coefficient (Wildman–Crippen LogP) is 4.78. The van der Waals surface area contributed by atoms with Crippen LogP contribution in [-0.4, -0.2) is 5.78 Å². The van der Waals surface area contributed by atoms with Crippen LogP contribution in [0.3, 0.4) is 0 Å². The molecule has 2 rings (SSSR count). The monoisotopic (exact) mass is 300 g/mol. The van der Waals surface area contributed by atoms with Crippen molar-refractivity contribution in [2.45, 2.75) is 5.38 Å². The van der Waals surface area contributed by atoms with Gasteiger partial charge in [0.15, 0.2) is 5.78 Å². The van der Waals surface area contributed by atoms with Gasteiger partial charge in [0.05, 0.1) is 5.56 Å². The molecular formula is C14H8Cl2F2O. The molecule has 19 heavy (non-hydrogen) atoms. The molecule has 0 aromatic heterocycles. The fourth-order valence-corrected chi connectivity index (χ4v) is 2.04. The summed E-state index contributed by atoms with van der Waals surface area (Å²) in [6.45, 7) is 0. The van der Waals surface area contributed by atoms with E-state index in [-0.39, 0.29) is 10.6 Å². The van der Waals surface area contributed by atoms with Crippen molar-refractivity contribution < 1.29 is 13.6 Å². The first-order valence-corrected chi connectivity index (χ1v) is 6.19. The maximum absolute atomic E-state index is 13.6. The lowest BCUT2D eigenvalue weighted by atomic mass is 10.0. The van der Waals surface area contributed by atoms with Crippen LogP contribution in [0.5, 0.6) is 0 Å².